The number of hydrogen-bond donors (Lipinski definition) is 0. The van der Waals surface area contributed by atoms with Crippen molar-refractivity contribution in [3.63, 3.8) is 0 Å². The molecule has 2 atom stereocenters. The number of likely N-dealkylation sites (tertiary alicyclic amines) is 1. The van der Waals surface area contributed by atoms with Crippen molar-refractivity contribution in [1.29, 1.82) is 0 Å². The van der Waals surface area contributed by atoms with Crippen LogP contribution in [0.1, 0.15) is 27.2 Å². The van der Waals surface area contributed by atoms with Gasteiger partial charge in [0.2, 0.25) is 0 Å². The molecular formula is C11H19N. The van der Waals surface area contributed by atoms with Gasteiger partial charge in [0.05, 0.1) is 0 Å². The molecule has 1 saturated heterocycles. The standard InChI is InChI=1S/C11H19N/c1-11(2,3)12-7-9-4-5-10(6-9)8-12/h4-5,9-10H,6-8H2,1-3H3. The van der Waals surface area contributed by atoms with E-state index in [1.54, 1.807) is 0 Å². The third-order valence-electron chi connectivity index (χ3n) is 3.12. The monoisotopic (exact) mass is 165 g/mol. The summed E-state index contributed by atoms with van der Waals surface area (Å²) >= 11 is 0. The van der Waals surface area contributed by atoms with E-state index in [0.717, 1.165) is 11.8 Å². The summed E-state index contributed by atoms with van der Waals surface area (Å²) in [5.74, 6) is 1.70. The Balaban J connectivity index is 2.05. The normalized spacial score (nSPS) is 35.9. The third-order valence-corrected chi connectivity index (χ3v) is 3.12. The topological polar surface area (TPSA) is 3.24 Å². The zero-order valence-electron chi connectivity index (χ0n) is 8.38. The van der Waals surface area contributed by atoms with Crippen molar-refractivity contribution in [2.75, 3.05) is 13.1 Å². The van der Waals surface area contributed by atoms with Crippen molar-refractivity contribution in [3.8, 4) is 0 Å². The van der Waals surface area contributed by atoms with Gasteiger partial charge in [-0.15, -0.1) is 0 Å². The number of fused-ring (bicyclic) bond motifs is 2. The van der Waals surface area contributed by atoms with Crippen molar-refractivity contribution in [3.05, 3.63) is 12.2 Å². The quantitative estimate of drug-likeness (QED) is 0.498. The predicted octanol–water partition coefficient (Wildman–Crippen LogP) is 2.29. The van der Waals surface area contributed by atoms with E-state index in [9.17, 15) is 0 Å². The Labute approximate surface area is 75.4 Å². The molecule has 1 aliphatic carbocycles. The lowest BCUT2D eigenvalue weighted by molar-refractivity contribution is 0.0799. The Hall–Kier alpha value is -0.300. The van der Waals surface area contributed by atoms with Gasteiger partial charge in [-0.05, 0) is 39.0 Å². The largest absolute Gasteiger partial charge is 0.297 e. The zero-order chi connectivity index (χ0) is 8.77. The van der Waals surface area contributed by atoms with E-state index in [4.69, 9.17) is 0 Å². The minimum atomic E-state index is 0.364. The van der Waals surface area contributed by atoms with Gasteiger partial charge in [0, 0.05) is 18.6 Å². The lowest BCUT2D eigenvalue weighted by Gasteiger charge is -2.41. The Morgan fingerprint density at radius 1 is 1.08 bits per heavy atom. The second-order valence-corrected chi connectivity index (χ2v) is 5.22. The van der Waals surface area contributed by atoms with Gasteiger partial charge in [0.25, 0.3) is 0 Å². The summed E-state index contributed by atoms with van der Waals surface area (Å²) in [6.45, 7) is 9.50. The molecule has 0 amide bonds. The highest BCUT2D eigenvalue weighted by Gasteiger charge is 2.33. The molecule has 0 aromatic heterocycles. The predicted molar refractivity (Wildman–Crippen MR) is 52.1 cm³/mol. The van der Waals surface area contributed by atoms with E-state index >= 15 is 0 Å². The van der Waals surface area contributed by atoms with Gasteiger partial charge in [-0.3, -0.25) is 4.90 Å². The average molecular weight is 165 g/mol. The highest BCUT2D eigenvalue weighted by Crippen LogP contribution is 2.33. The van der Waals surface area contributed by atoms with Gasteiger partial charge in [-0.1, -0.05) is 12.2 Å². The molecule has 0 radical (unpaired) electrons. The van der Waals surface area contributed by atoms with Crippen LogP contribution in [0.4, 0.5) is 0 Å². The third kappa shape index (κ3) is 1.42. The first kappa shape index (κ1) is 8.31. The number of rotatable bonds is 0. The van der Waals surface area contributed by atoms with Gasteiger partial charge >= 0.3 is 0 Å². The SMILES string of the molecule is CC(C)(C)N1CC2C=CC(C2)C1. The molecule has 1 heteroatoms. The van der Waals surface area contributed by atoms with E-state index < -0.39 is 0 Å². The second-order valence-electron chi connectivity index (χ2n) is 5.22. The molecule has 1 aliphatic heterocycles. The van der Waals surface area contributed by atoms with Gasteiger partial charge in [-0.2, -0.15) is 0 Å². The van der Waals surface area contributed by atoms with Crippen LogP contribution in [0.5, 0.6) is 0 Å². The summed E-state index contributed by atoms with van der Waals surface area (Å²) in [5, 5.41) is 0. The fraction of sp³-hybridized carbons (Fsp3) is 0.818. The lowest BCUT2D eigenvalue weighted by atomic mass is 9.93. The van der Waals surface area contributed by atoms with E-state index in [0.29, 0.717) is 5.54 Å². The fourth-order valence-electron chi connectivity index (χ4n) is 2.32. The molecule has 1 nitrogen and oxygen atoms in total. The van der Waals surface area contributed by atoms with Crippen LogP contribution in [0.15, 0.2) is 12.2 Å². The summed E-state index contributed by atoms with van der Waals surface area (Å²) in [7, 11) is 0. The van der Waals surface area contributed by atoms with Crippen molar-refractivity contribution >= 4 is 0 Å². The number of piperidine rings is 1. The van der Waals surface area contributed by atoms with Gasteiger partial charge in [0.15, 0.2) is 0 Å². The van der Waals surface area contributed by atoms with Crippen LogP contribution in [-0.2, 0) is 0 Å². The van der Waals surface area contributed by atoms with Crippen LogP contribution in [-0.4, -0.2) is 23.5 Å². The van der Waals surface area contributed by atoms with Crippen LogP contribution < -0.4 is 0 Å². The Morgan fingerprint density at radius 2 is 1.58 bits per heavy atom. The van der Waals surface area contributed by atoms with E-state index in [-0.39, 0.29) is 0 Å². The molecule has 0 aromatic rings. The van der Waals surface area contributed by atoms with E-state index in [1.165, 1.54) is 19.5 Å². The van der Waals surface area contributed by atoms with Crippen LogP contribution in [0.2, 0.25) is 0 Å². The highest BCUT2D eigenvalue weighted by molar-refractivity contribution is 5.08. The molecule has 0 spiro atoms. The minimum Gasteiger partial charge on any atom is -0.297 e. The average Bonchev–Trinajstić information content (AvgIpc) is 2.28. The Kier molecular flexibility index (Phi) is 1.80. The summed E-state index contributed by atoms with van der Waals surface area (Å²) in [4.78, 5) is 2.62. The second kappa shape index (κ2) is 2.59. The van der Waals surface area contributed by atoms with Crippen molar-refractivity contribution in [2.24, 2.45) is 11.8 Å². The fourth-order valence-corrected chi connectivity index (χ4v) is 2.32. The zero-order valence-corrected chi connectivity index (χ0v) is 8.38. The van der Waals surface area contributed by atoms with Crippen LogP contribution in [0.3, 0.4) is 0 Å². The van der Waals surface area contributed by atoms with Gasteiger partial charge < -0.3 is 0 Å². The summed E-state index contributed by atoms with van der Waals surface area (Å²) in [6, 6.07) is 0. The molecular weight excluding hydrogens is 146 g/mol. The van der Waals surface area contributed by atoms with Crippen LogP contribution >= 0.6 is 0 Å². The molecule has 68 valence electrons. The van der Waals surface area contributed by atoms with Gasteiger partial charge in [0.1, 0.15) is 0 Å². The molecule has 2 rings (SSSR count). The summed E-state index contributed by atoms with van der Waals surface area (Å²) < 4.78 is 0. The maximum absolute atomic E-state index is 2.62. The van der Waals surface area contributed by atoms with Crippen LogP contribution in [0.25, 0.3) is 0 Å². The maximum atomic E-state index is 2.62. The molecule has 2 aliphatic rings. The van der Waals surface area contributed by atoms with Crippen molar-refractivity contribution in [2.45, 2.75) is 32.7 Å². The summed E-state index contributed by atoms with van der Waals surface area (Å²) in [5.41, 5.74) is 0.364. The van der Waals surface area contributed by atoms with Gasteiger partial charge in [-0.25, -0.2) is 0 Å². The van der Waals surface area contributed by atoms with E-state index in [1.807, 2.05) is 0 Å². The van der Waals surface area contributed by atoms with Crippen LogP contribution in [0, 0.1) is 11.8 Å². The van der Waals surface area contributed by atoms with E-state index in [2.05, 4.69) is 37.8 Å². The maximum Gasteiger partial charge on any atom is 0.0125 e. The Bertz CT molecular complexity index is 186. The molecule has 0 aromatic carbocycles. The van der Waals surface area contributed by atoms with Crippen molar-refractivity contribution < 1.29 is 0 Å². The molecule has 2 unspecified atom stereocenters. The first-order valence-corrected chi connectivity index (χ1v) is 4.99. The minimum absolute atomic E-state index is 0.364. The molecule has 1 fully saturated rings. The molecule has 2 bridgehead atoms. The molecule has 0 N–H and O–H groups in total. The molecule has 0 saturated carbocycles. The molecule has 1 heterocycles. The van der Waals surface area contributed by atoms with Crippen molar-refractivity contribution in [1.82, 2.24) is 4.90 Å². The number of hydrogen-bond acceptors (Lipinski definition) is 1. The molecule has 12 heavy (non-hydrogen) atoms. The lowest BCUT2D eigenvalue weighted by Crippen LogP contribution is -2.48. The highest BCUT2D eigenvalue weighted by atomic mass is 15.2. The first-order chi connectivity index (χ1) is 5.55. The smallest absolute Gasteiger partial charge is 0.0125 e. The Morgan fingerprint density at radius 3 is 2.00 bits per heavy atom. The first-order valence-electron chi connectivity index (χ1n) is 4.99. The summed E-state index contributed by atoms with van der Waals surface area (Å²) in [6.07, 6.45) is 6.24. The number of nitrogens with zero attached hydrogens (tertiary/aromatic N) is 1.